The number of carbonyl (C=O) groups excluding carboxylic acids is 1. The maximum atomic E-state index is 13.3. The fourth-order valence-corrected chi connectivity index (χ4v) is 1.73. The molecule has 0 aliphatic carbocycles. The van der Waals surface area contributed by atoms with Gasteiger partial charge in [-0.15, -0.1) is 0 Å². The van der Waals surface area contributed by atoms with Gasteiger partial charge in [0.2, 0.25) is 0 Å². The van der Waals surface area contributed by atoms with Crippen molar-refractivity contribution in [3.8, 4) is 11.5 Å². The number of ether oxygens (including phenoxy) is 1. The average Bonchev–Trinajstić information content (AvgIpc) is 2.32. The third-order valence-corrected chi connectivity index (χ3v) is 2.84. The zero-order chi connectivity index (χ0) is 12.3. The number of para-hydroxylation sites is 1. The van der Waals surface area contributed by atoms with Crippen molar-refractivity contribution >= 4 is 22.2 Å². The number of rotatable bonds is 3. The summed E-state index contributed by atoms with van der Waals surface area (Å²) >= 11 is 3.31. The Morgan fingerprint density at radius 1 is 1.06 bits per heavy atom. The van der Waals surface area contributed by atoms with Gasteiger partial charge in [0.1, 0.15) is 17.3 Å². The lowest BCUT2D eigenvalue weighted by Gasteiger charge is -2.09. The molecule has 2 aromatic carbocycles. The van der Waals surface area contributed by atoms with E-state index in [1.807, 2.05) is 6.07 Å². The average molecular weight is 295 g/mol. The monoisotopic (exact) mass is 294 g/mol. The minimum Gasteiger partial charge on any atom is -0.455 e. The Kier molecular flexibility index (Phi) is 3.54. The van der Waals surface area contributed by atoms with Crippen molar-refractivity contribution in [3.05, 3.63) is 58.3 Å². The van der Waals surface area contributed by atoms with Crippen LogP contribution in [0.4, 0.5) is 4.39 Å². The van der Waals surface area contributed by atoms with Gasteiger partial charge >= 0.3 is 0 Å². The van der Waals surface area contributed by atoms with Crippen LogP contribution in [0.5, 0.6) is 11.5 Å². The molecule has 0 aromatic heterocycles. The number of carbonyl (C=O) groups is 1. The first-order valence-corrected chi connectivity index (χ1v) is 5.67. The number of aldehydes is 1. The van der Waals surface area contributed by atoms with Crippen LogP contribution >= 0.6 is 15.9 Å². The summed E-state index contributed by atoms with van der Waals surface area (Å²) in [6.07, 6.45) is 0.446. The van der Waals surface area contributed by atoms with Gasteiger partial charge in [0.25, 0.3) is 0 Å². The Bertz CT molecular complexity index is 555. The molecular weight excluding hydrogens is 287 g/mol. The van der Waals surface area contributed by atoms with Crippen LogP contribution in [0.25, 0.3) is 0 Å². The van der Waals surface area contributed by atoms with Crippen molar-refractivity contribution in [1.29, 1.82) is 0 Å². The molecule has 0 aliphatic heterocycles. The Hall–Kier alpha value is -1.68. The van der Waals surface area contributed by atoms with E-state index in [9.17, 15) is 9.18 Å². The zero-order valence-corrected chi connectivity index (χ0v) is 10.3. The van der Waals surface area contributed by atoms with Crippen LogP contribution in [-0.2, 0) is 0 Å². The van der Waals surface area contributed by atoms with Crippen molar-refractivity contribution in [2.24, 2.45) is 0 Å². The quantitative estimate of drug-likeness (QED) is 0.793. The topological polar surface area (TPSA) is 26.3 Å². The summed E-state index contributed by atoms with van der Waals surface area (Å²) in [4.78, 5) is 10.8. The Balaban J connectivity index is 2.40. The lowest BCUT2D eigenvalue weighted by Crippen LogP contribution is -1.94. The molecule has 17 heavy (non-hydrogen) atoms. The molecule has 0 heterocycles. The second kappa shape index (κ2) is 5.10. The highest BCUT2D eigenvalue weighted by Crippen LogP contribution is 2.31. The van der Waals surface area contributed by atoms with Gasteiger partial charge in [0.15, 0.2) is 6.29 Å². The molecule has 0 radical (unpaired) electrons. The third-order valence-electron chi connectivity index (χ3n) is 2.19. The predicted octanol–water partition coefficient (Wildman–Crippen LogP) is 4.19. The van der Waals surface area contributed by atoms with Crippen molar-refractivity contribution < 1.29 is 13.9 Å². The summed E-state index contributed by atoms with van der Waals surface area (Å²) in [7, 11) is 0. The summed E-state index contributed by atoms with van der Waals surface area (Å²) in [5.74, 6) is 0.137. The fraction of sp³-hybridized carbons (Fsp3) is 0. The molecule has 0 N–H and O–H groups in total. The van der Waals surface area contributed by atoms with Crippen LogP contribution in [0.3, 0.4) is 0 Å². The van der Waals surface area contributed by atoms with E-state index < -0.39 is 5.82 Å². The molecular formula is C13H8BrFO2. The Morgan fingerprint density at radius 3 is 2.47 bits per heavy atom. The zero-order valence-electron chi connectivity index (χ0n) is 8.69. The number of benzene rings is 2. The molecule has 0 amide bonds. The molecule has 0 saturated heterocycles. The largest absolute Gasteiger partial charge is 0.455 e. The maximum absolute atomic E-state index is 13.3. The van der Waals surface area contributed by atoms with E-state index in [1.165, 1.54) is 12.1 Å². The molecule has 0 aliphatic rings. The first kappa shape index (κ1) is 11.8. The second-order valence-electron chi connectivity index (χ2n) is 3.30. The summed E-state index contributed by atoms with van der Waals surface area (Å²) in [6, 6.07) is 11.4. The smallest absolute Gasteiger partial charge is 0.156 e. The van der Waals surface area contributed by atoms with Gasteiger partial charge in [-0.2, -0.15) is 0 Å². The lowest BCUT2D eigenvalue weighted by molar-refractivity contribution is 0.111. The van der Waals surface area contributed by atoms with E-state index >= 15 is 0 Å². The van der Waals surface area contributed by atoms with E-state index in [0.29, 0.717) is 12.0 Å². The second-order valence-corrected chi connectivity index (χ2v) is 4.16. The predicted molar refractivity (Wildman–Crippen MR) is 66.0 cm³/mol. The van der Waals surface area contributed by atoms with Crippen molar-refractivity contribution in [2.75, 3.05) is 0 Å². The standard InChI is InChI=1S/C13H8BrFO2/c14-10-4-1-2-6-13(10)17-12-7-3-5-11(15)9(12)8-16/h1-8H. The van der Waals surface area contributed by atoms with E-state index in [4.69, 9.17) is 4.74 Å². The number of hydrogen-bond acceptors (Lipinski definition) is 2. The minimum absolute atomic E-state index is 0.0803. The fourth-order valence-electron chi connectivity index (χ4n) is 1.37. The molecule has 0 bridgehead atoms. The van der Waals surface area contributed by atoms with Gasteiger partial charge in [-0.25, -0.2) is 4.39 Å². The molecule has 0 spiro atoms. The molecule has 2 nitrogen and oxygen atoms in total. The molecule has 2 rings (SSSR count). The maximum Gasteiger partial charge on any atom is 0.156 e. The Labute approximate surface area is 106 Å². The van der Waals surface area contributed by atoms with E-state index in [2.05, 4.69) is 15.9 Å². The lowest BCUT2D eigenvalue weighted by atomic mass is 10.2. The SMILES string of the molecule is O=Cc1c(F)cccc1Oc1ccccc1Br. The molecule has 0 fully saturated rings. The van der Waals surface area contributed by atoms with E-state index in [0.717, 1.165) is 4.47 Å². The van der Waals surface area contributed by atoms with Crippen LogP contribution < -0.4 is 4.74 Å². The molecule has 2 aromatic rings. The van der Waals surface area contributed by atoms with Gasteiger partial charge in [-0.3, -0.25) is 4.79 Å². The van der Waals surface area contributed by atoms with Crippen LogP contribution in [0.2, 0.25) is 0 Å². The van der Waals surface area contributed by atoms with Crippen molar-refractivity contribution in [2.45, 2.75) is 0 Å². The van der Waals surface area contributed by atoms with Crippen LogP contribution in [0.1, 0.15) is 10.4 Å². The molecule has 0 saturated carbocycles. The molecule has 4 heteroatoms. The van der Waals surface area contributed by atoms with E-state index in [-0.39, 0.29) is 11.3 Å². The molecule has 86 valence electrons. The van der Waals surface area contributed by atoms with Crippen molar-refractivity contribution in [3.63, 3.8) is 0 Å². The van der Waals surface area contributed by atoms with Gasteiger partial charge in [-0.1, -0.05) is 18.2 Å². The highest BCUT2D eigenvalue weighted by molar-refractivity contribution is 9.10. The molecule has 0 unspecified atom stereocenters. The van der Waals surface area contributed by atoms with Crippen LogP contribution in [-0.4, -0.2) is 6.29 Å². The summed E-state index contributed by atoms with van der Waals surface area (Å²) in [5, 5.41) is 0. The third kappa shape index (κ3) is 2.53. The van der Waals surface area contributed by atoms with Crippen molar-refractivity contribution in [1.82, 2.24) is 0 Å². The van der Waals surface area contributed by atoms with Crippen LogP contribution in [0, 0.1) is 5.82 Å². The Morgan fingerprint density at radius 2 is 1.76 bits per heavy atom. The first-order chi connectivity index (χ1) is 8.22. The first-order valence-electron chi connectivity index (χ1n) is 4.88. The van der Waals surface area contributed by atoms with Crippen LogP contribution in [0.15, 0.2) is 46.9 Å². The minimum atomic E-state index is -0.593. The number of halogens is 2. The van der Waals surface area contributed by atoms with Gasteiger partial charge in [0.05, 0.1) is 10.0 Å². The molecule has 0 atom stereocenters. The van der Waals surface area contributed by atoms with E-state index in [1.54, 1.807) is 24.3 Å². The van der Waals surface area contributed by atoms with Gasteiger partial charge in [0, 0.05) is 0 Å². The highest BCUT2D eigenvalue weighted by atomic mass is 79.9. The summed E-state index contributed by atoms with van der Waals surface area (Å²) in [5.41, 5.74) is -0.0803. The summed E-state index contributed by atoms with van der Waals surface area (Å²) < 4.78 is 19.6. The van der Waals surface area contributed by atoms with Gasteiger partial charge < -0.3 is 4.74 Å². The van der Waals surface area contributed by atoms with Gasteiger partial charge in [-0.05, 0) is 40.2 Å². The normalized spacial score (nSPS) is 10.0. The number of hydrogen-bond donors (Lipinski definition) is 0. The highest BCUT2D eigenvalue weighted by Gasteiger charge is 2.10. The summed E-state index contributed by atoms with van der Waals surface area (Å²) in [6.45, 7) is 0.